The summed E-state index contributed by atoms with van der Waals surface area (Å²) in [6.07, 6.45) is 7.34. The molecule has 4 rings (SSSR count). The lowest BCUT2D eigenvalue weighted by atomic mass is 9.94. The predicted octanol–water partition coefficient (Wildman–Crippen LogP) is 1.78. The summed E-state index contributed by atoms with van der Waals surface area (Å²) in [7, 11) is 0. The molecule has 23 heavy (non-hydrogen) atoms. The number of rotatable bonds is 2. The second-order valence-corrected chi connectivity index (χ2v) is 5.94. The molecule has 1 aliphatic rings. The van der Waals surface area contributed by atoms with Crippen LogP contribution in [0.25, 0.3) is 5.78 Å². The largest absolute Gasteiger partial charge is 0.337 e. The molecule has 1 atom stereocenters. The van der Waals surface area contributed by atoms with Crippen molar-refractivity contribution in [2.75, 3.05) is 13.1 Å². The van der Waals surface area contributed by atoms with Gasteiger partial charge >= 0.3 is 0 Å². The van der Waals surface area contributed by atoms with Crippen LogP contribution in [0, 0.1) is 6.92 Å². The molecular weight excluding hydrogens is 292 g/mol. The SMILES string of the molecule is Cc1nc2ncccn2c1C(=O)N1CCC[C@H](c2ccn[nH]2)C1. The van der Waals surface area contributed by atoms with Gasteiger partial charge in [-0.25, -0.2) is 9.97 Å². The van der Waals surface area contributed by atoms with Crippen LogP contribution < -0.4 is 0 Å². The number of H-pyrrole nitrogens is 1. The molecule has 0 spiro atoms. The van der Waals surface area contributed by atoms with E-state index in [1.54, 1.807) is 16.8 Å². The molecule has 0 unspecified atom stereocenters. The first kappa shape index (κ1) is 13.9. The number of carbonyl (C=O) groups excluding carboxylic acids is 1. The van der Waals surface area contributed by atoms with E-state index in [2.05, 4.69) is 20.2 Å². The van der Waals surface area contributed by atoms with E-state index in [1.807, 2.05) is 30.2 Å². The highest BCUT2D eigenvalue weighted by molar-refractivity contribution is 5.94. The van der Waals surface area contributed by atoms with Crippen LogP contribution in [-0.2, 0) is 0 Å². The minimum atomic E-state index is 0.0206. The van der Waals surface area contributed by atoms with E-state index in [-0.39, 0.29) is 5.91 Å². The summed E-state index contributed by atoms with van der Waals surface area (Å²) in [5.41, 5.74) is 2.43. The average molecular weight is 310 g/mol. The highest BCUT2D eigenvalue weighted by Gasteiger charge is 2.29. The fraction of sp³-hybridized carbons (Fsp3) is 0.375. The minimum absolute atomic E-state index is 0.0206. The number of amides is 1. The summed E-state index contributed by atoms with van der Waals surface area (Å²) in [5, 5.41) is 7.05. The highest BCUT2D eigenvalue weighted by atomic mass is 16.2. The summed E-state index contributed by atoms with van der Waals surface area (Å²) in [6.45, 7) is 3.34. The lowest BCUT2D eigenvalue weighted by Gasteiger charge is -2.32. The Labute approximate surface area is 133 Å². The third-order valence-corrected chi connectivity index (χ3v) is 4.45. The first-order valence-electron chi connectivity index (χ1n) is 7.82. The summed E-state index contributed by atoms with van der Waals surface area (Å²) in [5.74, 6) is 0.899. The van der Waals surface area contributed by atoms with Gasteiger partial charge in [-0.1, -0.05) is 0 Å². The molecular formula is C16H18N6O. The van der Waals surface area contributed by atoms with Gasteiger partial charge in [0, 0.05) is 43.3 Å². The standard InChI is InChI=1S/C16H18N6O/c1-11-14(22-9-3-6-17-16(22)19-11)15(23)21-8-2-4-12(10-21)13-5-7-18-20-13/h3,5-7,9,12H,2,4,8,10H2,1H3,(H,18,20)/t12-/m0/s1. The number of aromatic nitrogens is 5. The zero-order valence-electron chi connectivity index (χ0n) is 12.9. The molecule has 118 valence electrons. The van der Waals surface area contributed by atoms with Crippen LogP contribution in [0.1, 0.15) is 40.6 Å². The number of hydrogen-bond acceptors (Lipinski definition) is 4. The van der Waals surface area contributed by atoms with Crippen molar-refractivity contribution in [3.05, 3.63) is 47.8 Å². The van der Waals surface area contributed by atoms with Crippen molar-refractivity contribution in [2.45, 2.75) is 25.7 Å². The number of aryl methyl sites for hydroxylation is 1. The van der Waals surface area contributed by atoms with E-state index in [0.717, 1.165) is 30.8 Å². The molecule has 0 aromatic carbocycles. The third kappa shape index (κ3) is 2.38. The Morgan fingerprint density at radius 1 is 1.39 bits per heavy atom. The van der Waals surface area contributed by atoms with E-state index >= 15 is 0 Å². The van der Waals surface area contributed by atoms with E-state index in [0.29, 0.717) is 23.9 Å². The van der Waals surface area contributed by atoms with Gasteiger partial charge < -0.3 is 4.90 Å². The van der Waals surface area contributed by atoms with E-state index in [1.165, 1.54) is 0 Å². The number of carbonyl (C=O) groups is 1. The minimum Gasteiger partial charge on any atom is -0.337 e. The van der Waals surface area contributed by atoms with Crippen molar-refractivity contribution >= 4 is 11.7 Å². The molecule has 0 radical (unpaired) electrons. The van der Waals surface area contributed by atoms with E-state index in [4.69, 9.17) is 0 Å². The van der Waals surface area contributed by atoms with Crippen molar-refractivity contribution < 1.29 is 4.79 Å². The molecule has 7 heteroatoms. The molecule has 1 saturated heterocycles. The molecule has 0 bridgehead atoms. The second-order valence-electron chi connectivity index (χ2n) is 5.94. The van der Waals surface area contributed by atoms with Gasteiger partial charge in [0.05, 0.1) is 5.69 Å². The molecule has 3 aromatic heterocycles. The zero-order chi connectivity index (χ0) is 15.8. The van der Waals surface area contributed by atoms with Crippen LogP contribution in [0.15, 0.2) is 30.7 Å². The molecule has 1 aliphatic heterocycles. The van der Waals surface area contributed by atoms with Crippen LogP contribution in [-0.4, -0.2) is 48.5 Å². The quantitative estimate of drug-likeness (QED) is 0.782. The van der Waals surface area contributed by atoms with Gasteiger partial charge in [0.2, 0.25) is 5.78 Å². The average Bonchev–Trinajstić information content (AvgIpc) is 3.21. The Kier molecular flexibility index (Phi) is 3.33. The Morgan fingerprint density at radius 3 is 3.13 bits per heavy atom. The number of likely N-dealkylation sites (tertiary alicyclic amines) is 1. The Hall–Kier alpha value is -2.70. The van der Waals surface area contributed by atoms with Crippen molar-refractivity contribution in [1.29, 1.82) is 0 Å². The molecule has 3 aromatic rings. The molecule has 0 saturated carbocycles. The lowest BCUT2D eigenvalue weighted by Crippen LogP contribution is -2.40. The Balaban J connectivity index is 1.64. The molecule has 0 aliphatic carbocycles. The number of nitrogens with one attached hydrogen (secondary N) is 1. The van der Waals surface area contributed by atoms with Crippen molar-refractivity contribution in [2.24, 2.45) is 0 Å². The number of imidazole rings is 1. The summed E-state index contributed by atoms with van der Waals surface area (Å²) in [4.78, 5) is 23.5. The van der Waals surface area contributed by atoms with Crippen LogP contribution in [0.4, 0.5) is 0 Å². The first-order valence-corrected chi connectivity index (χ1v) is 7.82. The monoisotopic (exact) mass is 310 g/mol. The van der Waals surface area contributed by atoms with Gasteiger partial charge in [0.25, 0.3) is 5.91 Å². The Bertz CT molecular complexity index is 838. The van der Waals surface area contributed by atoms with Gasteiger partial charge in [-0.2, -0.15) is 5.10 Å². The first-order chi connectivity index (χ1) is 11.2. The van der Waals surface area contributed by atoms with E-state index in [9.17, 15) is 4.79 Å². The van der Waals surface area contributed by atoms with Gasteiger partial charge in [-0.3, -0.25) is 14.3 Å². The maximum atomic E-state index is 13.0. The van der Waals surface area contributed by atoms with E-state index < -0.39 is 0 Å². The number of hydrogen-bond donors (Lipinski definition) is 1. The summed E-state index contributed by atoms with van der Waals surface area (Å²) >= 11 is 0. The van der Waals surface area contributed by atoms with Crippen LogP contribution >= 0.6 is 0 Å². The number of aromatic amines is 1. The summed E-state index contributed by atoms with van der Waals surface area (Å²) in [6, 6.07) is 3.80. The fourth-order valence-electron chi connectivity index (χ4n) is 3.31. The molecule has 1 amide bonds. The molecule has 4 heterocycles. The smallest absolute Gasteiger partial charge is 0.272 e. The van der Waals surface area contributed by atoms with Gasteiger partial charge in [-0.15, -0.1) is 0 Å². The molecule has 1 N–H and O–H groups in total. The Morgan fingerprint density at radius 2 is 2.30 bits per heavy atom. The van der Waals surface area contributed by atoms with Crippen LogP contribution in [0.5, 0.6) is 0 Å². The molecule has 7 nitrogen and oxygen atoms in total. The third-order valence-electron chi connectivity index (χ3n) is 4.45. The lowest BCUT2D eigenvalue weighted by molar-refractivity contribution is 0.0698. The number of piperidine rings is 1. The summed E-state index contributed by atoms with van der Waals surface area (Å²) < 4.78 is 1.78. The maximum absolute atomic E-state index is 13.0. The fourth-order valence-corrected chi connectivity index (χ4v) is 3.31. The van der Waals surface area contributed by atoms with Crippen LogP contribution in [0.3, 0.4) is 0 Å². The van der Waals surface area contributed by atoms with Crippen molar-refractivity contribution in [3.8, 4) is 0 Å². The van der Waals surface area contributed by atoms with Gasteiger partial charge in [0.15, 0.2) is 0 Å². The number of fused-ring (bicyclic) bond motifs is 1. The highest BCUT2D eigenvalue weighted by Crippen LogP contribution is 2.26. The predicted molar refractivity (Wildman–Crippen MR) is 84.2 cm³/mol. The maximum Gasteiger partial charge on any atom is 0.272 e. The van der Waals surface area contributed by atoms with Crippen molar-refractivity contribution in [1.82, 2.24) is 29.5 Å². The normalized spacial score (nSPS) is 18.5. The van der Waals surface area contributed by atoms with Crippen molar-refractivity contribution in [3.63, 3.8) is 0 Å². The van der Waals surface area contributed by atoms with Crippen LogP contribution in [0.2, 0.25) is 0 Å². The van der Waals surface area contributed by atoms with Gasteiger partial charge in [0.1, 0.15) is 5.69 Å². The second kappa shape index (κ2) is 5.49. The molecule has 1 fully saturated rings. The van der Waals surface area contributed by atoms with Gasteiger partial charge in [-0.05, 0) is 31.9 Å². The number of nitrogens with zero attached hydrogens (tertiary/aromatic N) is 5. The zero-order valence-corrected chi connectivity index (χ0v) is 12.9. The topological polar surface area (TPSA) is 79.2 Å².